The lowest BCUT2D eigenvalue weighted by Gasteiger charge is -2.28. The number of nitrogens with one attached hydrogen (secondary N) is 1. The minimum Gasteiger partial charge on any atom is -0.349 e. The summed E-state index contributed by atoms with van der Waals surface area (Å²) in [6.45, 7) is 6.95. The Kier molecular flexibility index (Phi) is 2.77. The van der Waals surface area contributed by atoms with Gasteiger partial charge >= 0.3 is 0 Å². The van der Waals surface area contributed by atoms with Crippen LogP contribution >= 0.6 is 0 Å². The number of hydrogen-bond acceptors (Lipinski definition) is 3. The molecule has 5 heteroatoms. The first-order valence-corrected chi connectivity index (χ1v) is 6.69. The van der Waals surface area contributed by atoms with Crippen LogP contribution in [0.1, 0.15) is 42.6 Å². The maximum atomic E-state index is 12.0. The lowest BCUT2D eigenvalue weighted by atomic mass is 10.0. The Morgan fingerprint density at radius 2 is 2.32 bits per heavy atom. The van der Waals surface area contributed by atoms with E-state index in [1.54, 1.807) is 6.20 Å². The minimum atomic E-state index is -0.0179. The maximum Gasteiger partial charge on any atom is 0.268 e. The lowest BCUT2D eigenvalue weighted by Crippen LogP contribution is -2.39. The van der Waals surface area contributed by atoms with Crippen molar-refractivity contribution in [1.29, 1.82) is 0 Å². The van der Waals surface area contributed by atoms with E-state index in [4.69, 9.17) is 0 Å². The summed E-state index contributed by atoms with van der Waals surface area (Å²) in [6, 6.07) is 2.16. The first-order chi connectivity index (χ1) is 9.06. The van der Waals surface area contributed by atoms with E-state index < -0.39 is 0 Å². The van der Waals surface area contributed by atoms with E-state index >= 15 is 0 Å². The van der Waals surface area contributed by atoms with E-state index in [1.165, 1.54) is 0 Å². The number of fused-ring (bicyclic) bond motifs is 3. The first kappa shape index (κ1) is 12.1. The smallest absolute Gasteiger partial charge is 0.268 e. The number of carbonyl (C=O) groups excluding carboxylic acids is 1. The SMILES string of the molecule is Cc1ncc2cc3n(c2n1)C(CC(C)C)CNC3=O. The van der Waals surface area contributed by atoms with Crippen molar-refractivity contribution in [3.05, 3.63) is 23.8 Å². The molecular formula is C14H18N4O. The van der Waals surface area contributed by atoms with Gasteiger partial charge < -0.3 is 9.88 Å². The van der Waals surface area contributed by atoms with E-state index in [0.29, 0.717) is 18.2 Å². The molecule has 1 aliphatic rings. The number of aryl methyl sites for hydroxylation is 1. The molecule has 3 heterocycles. The van der Waals surface area contributed by atoms with Gasteiger partial charge in [0.1, 0.15) is 17.2 Å². The van der Waals surface area contributed by atoms with E-state index in [0.717, 1.165) is 23.3 Å². The number of hydrogen-bond donors (Lipinski definition) is 1. The Labute approximate surface area is 112 Å². The second-order valence-corrected chi connectivity index (χ2v) is 5.59. The molecule has 0 fully saturated rings. The molecule has 2 aromatic rings. The molecule has 3 rings (SSSR count). The predicted octanol–water partition coefficient (Wildman–Crippen LogP) is 2.07. The molecule has 19 heavy (non-hydrogen) atoms. The molecule has 0 aromatic carbocycles. The second kappa shape index (κ2) is 4.33. The van der Waals surface area contributed by atoms with Crippen LogP contribution < -0.4 is 5.32 Å². The summed E-state index contributed by atoms with van der Waals surface area (Å²) in [7, 11) is 0. The van der Waals surface area contributed by atoms with Gasteiger partial charge in [-0.1, -0.05) is 13.8 Å². The fraction of sp³-hybridized carbons (Fsp3) is 0.500. The van der Waals surface area contributed by atoms with Gasteiger partial charge in [-0.15, -0.1) is 0 Å². The summed E-state index contributed by atoms with van der Waals surface area (Å²) >= 11 is 0. The predicted molar refractivity (Wildman–Crippen MR) is 73.1 cm³/mol. The largest absolute Gasteiger partial charge is 0.349 e. The molecule has 2 aromatic heterocycles. The highest BCUT2D eigenvalue weighted by atomic mass is 16.2. The van der Waals surface area contributed by atoms with Gasteiger partial charge in [-0.2, -0.15) is 0 Å². The van der Waals surface area contributed by atoms with Crippen molar-refractivity contribution in [1.82, 2.24) is 19.9 Å². The molecule has 1 amide bonds. The van der Waals surface area contributed by atoms with Crippen molar-refractivity contribution in [3.8, 4) is 0 Å². The van der Waals surface area contributed by atoms with E-state index in [-0.39, 0.29) is 11.9 Å². The summed E-state index contributed by atoms with van der Waals surface area (Å²) in [4.78, 5) is 20.7. The summed E-state index contributed by atoms with van der Waals surface area (Å²) in [5, 5.41) is 3.90. The summed E-state index contributed by atoms with van der Waals surface area (Å²) in [5.74, 6) is 1.30. The number of rotatable bonds is 2. The van der Waals surface area contributed by atoms with Crippen molar-refractivity contribution in [2.24, 2.45) is 5.92 Å². The fourth-order valence-electron chi connectivity index (χ4n) is 2.76. The molecule has 1 unspecified atom stereocenters. The van der Waals surface area contributed by atoms with Crippen LogP contribution in [0.5, 0.6) is 0 Å². The number of aromatic nitrogens is 3. The molecule has 0 saturated carbocycles. The zero-order valence-corrected chi connectivity index (χ0v) is 11.5. The number of carbonyl (C=O) groups is 1. The van der Waals surface area contributed by atoms with E-state index in [2.05, 4.69) is 33.7 Å². The average Bonchev–Trinajstić information content (AvgIpc) is 2.72. The summed E-state index contributed by atoms with van der Waals surface area (Å²) < 4.78 is 2.09. The average molecular weight is 258 g/mol. The normalized spacial score (nSPS) is 18.7. The second-order valence-electron chi connectivity index (χ2n) is 5.59. The molecule has 0 aliphatic carbocycles. The van der Waals surface area contributed by atoms with Gasteiger partial charge in [-0.25, -0.2) is 9.97 Å². The monoisotopic (exact) mass is 258 g/mol. The summed E-state index contributed by atoms with van der Waals surface area (Å²) in [5.41, 5.74) is 1.58. The zero-order valence-electron chi connectivity index (χ0n) is 11.5. The molecule has 0 spiro atoms. The van der Waals surface area contributed by atoms with Crippen LogP contribution in [0.25, 0.3) is 11.0 Å². The standard InChI is InChI=1S/C14H18N4O/c1-8(2)4-11-7-16-14(19)12-5-10-6-15-9(3)17-13(10)18(11)12/h5-6,8,11H,4,7H2,1-3H3,(H,16,19). The van der Waals surface area contributed by atoms with Gasteiger partial charge in [0.2, 0.25) is 0 Å². The van der Waals surface area contributed by atoms with Crippen LogP contribution in [0.4, 0.5) is 0 Å². The molecule has 0 bridgehead atoms. The third kappa shape index (κ3) is 1.99. The number of amides is 1. The van der Waals surface area contributed by atoms with Crippen LogP contribution in [-0.2, 0) is 0 Å². The third-order valence-electron chi connectivity index (χ3n) is 3.54. The zero-order chi connectivity index (χ0) is 13.6. The van der Waals surface area contributed by atoms with Gasteiger partial charge in [0.15, 0.2) is 0 Å². The van der Waals surface area contributed by atoms with Crippen LogP contribution in [0.3, 0.4) is 0 Å². The first-order valence-electron chi connectivity index (χ1n) is 6.69. The maximum absolute atomic E-state index is 12.0. The molecular weight excluding hydrogens is 240 g/mol. The quantitative estimate of drug-likeness (QED) is 0.897. The molecule has 0 saturated heterocycles. The Bertz CT molecular complexity index is 644. The Balaban J connectivity index is 2.20. The van der Waals surface area contributed by atoms with Crippen LogP contribution in [0, 0.1) is 12.8 Å². The van der Waals surface area contributed by atoms with Crippen molar-refractivity contribution in [3.63, 3.8) is 0 Å². The Hall–Kier alpha value is -1.91. The van der Waals surface area contributed by atoms with Crippen LogP contribution in [0.2, 0.25) is 0 Å². The molecule has 5 nitrogen and oxygen atoms in total. The summed E-state index contributed by atoms with van der Waals surface area (Å²) in [6.07, 6.45) is 2.82. The minimum absolute atomic E-state index is 0.0179. The van der Waals surface area contributed by atoms with Gasteiger partial charge in [0.25, 0.3) is 5.91 Å². The highest BCUT2D eigenvalue weighted by Crippen LogP contribution is 2.28. The highest BCUT2D eigenvalue weighted by molar-refractivity contribution is 5.98. The molecule has 1 atom stereocenters. The van der Waals surface area contributed by atoms with Gasteiger partial charge in [0, 0.05) is 18.1 Å². The lowest BCUT2D eigenvalue weighted by molar-refractivity contribution is 0.0912. The fourth-order valence-corrected chi connectivity index (χ4v) is 2.76. The number of nitrogens with zero attached hydrogens (tertiary/aromatic N) is 3. The Morgan fingerprint density at radius 3 is 3.05 bits per heavy atom. The molecule has 100 valence electrons. The van der Waals surface area contributed by atoms with Gasteiger partial charge in [-0.3, -0.25) is 4.79 Å². The van der Waals surface area contributed by atoms with Crippen molar-refractivity contribution < 1.29 is 4.79 Å². The van der Waals surface area contributed by atoms with Gasteiger partial charge in [0.05, 0.1) is 6.04 Å². The molecule has 1 N–H and O–H groups in total. The highest BCUT2D eigenvalue weighted by Gasteiger charge is 2.28. The molecule has 1 aliphatic heterocycles. The third-order valence-corrected chi connectivity index (χ3v) is 3.54. The van der Waals surface area contributed by atoms with Crippen LogP contribution in [0.15, 0.2) is 12.3 Å². The van der Waals surface area contributed by atoms with Crippen molar-refractivity contribution in [2.45, 2.75) is 33.2 Å². The van der Waals surface area contributed by atoms with E-state index in [9.17, 15) is 4.79 Å². The van der Waals surface area contributed by atoms with Crippen molar-refractivity contribution in [2.75, 3.05) is 6.54 Å². The van der Waals surface area contributed by atoms with Crippen LogP contribution in [-0.4, -0.2) is 27.0 Å². The van der Waals surface area contributed by atoms with Crippen molar-refractivity contribution >= 4 is 16.9 Å². The molecule has 0 radical (unpaired) electrons. The topological polar surface area (TPSA) is 59.8 Å². The van der Waals surface area contributed by atoms with E-state index in [1.807, 2.05) is 13.0 Å². The Morgan fingerprint density at radius 1 is 1.53 bits per heavy atom. The van der Waals surface area contributed by atoms with Gasteiger partial charge in [-0.05, 0) is 25.3 Å².